The van der Waals surface area contributed by atoms with E-state index >= 15 is 0 Å². The Morgan fingerprint density at radius 3 is 2.23 bits per heavy atom. The first-order valence-electron chi connectivity index (χ1n) is 16.6. The highest BCUT2D eigenvalue weighted by Gasteiger charge is 2.34. The van der Waals surface area contributed by atoms with E-state index in [1.807, 2.05) is 24.3 Å². The predicted molar refractivity (Wildman–Crippen MR) is 176 cm³/mol. The van der Waals surface area contributed by atoms with Crippen LogP contribution in [0.25, 0.3) is 22.4 Å². The lowest BCUT2D eigenvalue weighted by Gasteiger charge is -2.19. The van der Waals surface area contributed by atoms with Crippen molar-refractivity contribution in [2.75, 3.05) is 52.5 Å². The van der Waals surface area contributed by atoms with Crippen molar-refractivity contribution >= 4 is 11.0 Å². The standard InChI is InChI=1S/C36H44F4N4O3/c1-4-7-18-44-32-24-29(45-21-20-43-16-8-9-17-43)25-33(46-22-19-42(5-2)6-3)34(32)41-35(44)26-10-12-27(13-11-26)47-28-14-15-31(37)30(23-28)36(38,39)40/h10-15,23-25H,4-9,16-22H2,1-3H3. The average molecular weight is 657 g/mol. The van der Waals surface area contributed by atoms with E-state index in [0.29, 0.717) is 30.8 Å². The van der Waals surface area contributed by atoms with Crippen molar-refractivity contribution in [3.8, 4) is 34.4 Å². The number of hydrogen-bond donors (Lipinski definition) is 0. The third-order valence-electron chi connectivity index (χ3n) is 8.55. The molecule has 0 radical (unpaired) electrons. The number of imidazole rings is 1. The van der Waals surface area contributed by atoms with E-state index in [0.717, 1.165) is 92.9 Å². The summed E-state index contributed by atoms with van der Waals surface area (Å²) in [5.41, 5.74) is 1.10. The molecule has 4 aromatic rings. The molecule has 0 bridgehead atoms. The first-order valence-corrected chi connectivity index (χ1v) is 16.6. The Morgan fingerprint density at radius 1 is 0.830 bits per heavy atom. The Labute approximate surface area is 274 Å². The number of fused-ring (bicyclic) bond motifs is 1. The molecule has 254 valence electrons. The number of alkyl halides is 3. The number of halogens is 4. The monoisotopic (exact) mass is 656 g/mol. The van der Waals surface area contributed by atoms with E-state index in [9.17, 15) is 17.6 Å². The largest absolute Gasteiger partial charge is 0.492 e. The van der Waals surface area contributed by atoms with Gasteiger partial charge in [-0.05, 0) is 87.9 Å². The predicted octanol–water partition coefficient (Wildman–Crippen LogP) is 8.65. The van der Waals surface area contributed by atoms with Crippen molar-refractivity contribution in [3.63, 3.8) is 0 Å². The van der Waals surface area contributed by atoms with E-state index in [1.54, 1.807) is 12.1 Å². The van der Waals surface area contributed by atoms with Gasteiger partial charge in [0.25, 0.3) is 0 Å². The zero-order chi connectivity index (χ0) is 33.4. The normalized spacial score (nSPS) is 14.0. The van der Waals surface area contributed by atoms with Gasteiger partial charge in [0, 0.05) is 37.3 Å². The van der Waals surface area contributed by atoms with Gasteiger partial charge >= 0.3 is 6.18 Å². The van der Waals surface area contributed by atoms with E-state index in [4.69, 9.17) is 19.2 Å². The molecule has 0 atom stereocenters. The van der Waals surface area contributed by atoms with Gasteiger partial charge in [0.1, 0.15) is 47.6 Å². The smallest absolute Gasteiger partial charge is 0.419 e. The van der Waals surface area contributed by atoms with Gasteiger partial charge in [-0.25, -0.2) is 9.37 Å². The van der Waals surface area contributed by atoms with Crippen LogP contribution >= 0.6 is 0 Å². The second kappa shape index (κ2) is 15.8. The minimum atomic E-state index is -4.82. The van der Waals surface area contributed by atoms with Gasteiger partial charge in [0.15, 0.2) is 5.75 Å². The molecule has 5 rings (SSSR count). The van der Waals surface area contributed by atoms with Crippen molar-refractivity contribution in [2.45, 2.75) is 59.2 Å². The molecular formula is C36H44F4N4O3. The molecule has 2 heterocycles. The zero-order valence-corrected chi connectivity index (χ0v) is 27.4. The van der Waals surface area contributed by atoms with Gasteiger partial charge in [-0.2, -0.15) is 13.2 Å². The molecule has 1 fully saturated rings. The van der Waals surface area contributed by atoms with Gasteiger partial charge in [-0.3, -0.25) is 4.90 Å². The molecule has 7 nitrogen and oxygen atoms in total. The molecule has 1 aromatic heterocycles. The fourth-order valence-corrected chi connectivity index (χ4v) is 5.84. The number of ether oxygens (including phenoxy) is 3. The van der Waals surface area contributed by atoms with Crippen molar-refractivity contribution in [1.29, 1.82) is 0 Å². The maximum absolute atomic E-state index is 13.8. The van der Waals surface area contributed by atoms with Crippen molar-refractivity contribution in [3.05, 3.63) is 66.0 Å². The van der Waals surface area contributed by atoms with Crippen LogP contribution < -0.4 is 14.2 Å². The summed E-state index contributed by atoms with van der Waals surface area (Å²) in [5.74, 6) is 1.01. The minimum Gasteiger partial charge on any atom is -0.492 e. The first kappa shape index (κ1) is 34.5. The zero-order valence-electron chi connectivity index (χ0n) is 27.4. The first-order chi connectivity index (χ1) is 22.7. The van der Waals surface area contributed by atoms with E-state index in [1.165, 1.54) is 18.9 Å². The van der Waals surface area contributed by atoms with Crippen LogP contribution in [0.1, 0.15) is 52.0 Å². The lowest BCUT2D eigenvalue weighted by Crippen LogP contribution is -2.28. The Morgan fingerprint density at radius 2 is 1.55 bits per heavy atom. The van der Waals surface area contributed by atoms with Crippen LogP contribution in [-0.2, 0) is 12.7 Å². The summed E-state index contributed by atoms with van der Waals surface area (Å²) < 4.78 is 73.9. The summed E-state index contributed by atoms with van der Waals surface area (Å²) in [6, 6.07) is 13.6. The van der Waals surface area contributed by atoms with Gasteiger partial charge in [0.2, 0.25) is 0 Å². The number of unbranched alkanes of at least 4 members (excludes halogenated alkanes) is 1. The molecular weight excluding hydrogens is 612 g/mol. The fourth-order valence-electron chi connectivity index (χ4n) is 5.84. The average Bonchev–Trinajstić information content (AvgIpc) is 3.71. The van der Waals surface area contributed by atoms with Crippen molar-refractivity contribution in [1.82, 2.24) is 19.4 Å². The SMILES string of the molecule is CCCCn1c(-c2ccc(Oc3ccc(F)c(C(F)(F)F)c3)cc2)nc2c(OCCN(CC)CC)cc(OCCN3CCCC3)cc21. The number of likely N-dealkylation sites (N-methyl/N-ethyl adjacent to an activating group) is 1. The molecule has 1 aliphatic rings. The maximum atomic E-state index is 13.8. The molecule has 0 unspecified atom stereocenters. The van der Waals surface area contributed by atoms with Crippen LogP contribution in [0.4, 0.5) is 17.6 Å². The molecule has 0 amide bonds. The van der Waals surface area contributed by atoms with Gasteiger partial charge in [-0.15, -0.1) is 0 Å². The molecule has 1 saturated heterocycles. The summed E-state index contributed by atoms with van der Waals surface area (Å²) in [6.07, 6.45) is -0.438. The number of nitrogens with zero attached hydrogens (tertiary/aromatic N) is 4. The van der Waals surface area contributed by atoms with Crippen molar-refractivity contribution < 1.29 is 31.8 Å². The molecule has 0 aliphatic carbocycles. The maximum Gasteiger partial charge on any atom is 0.419 e. The van der Waals surface area contributed by atoms with Gasteiger partial charge < -0.3 is 23.7 Å². The van der Waals surface area contributed by atoms with E-state index in [-0.39, 0.29) is 5.75 Å². The number of aromatic nitrogens is 2. The Bertz CT molecular complexity index is 1600. The highest BCUT2D eigenvalue weighted by atomic mass is 19.4. The van der Waals surface area contributed by atoms with Crippen LogP contribution in [0.3, 0.4) is 0 Å². The number of likely N-dealkylation sites (tertiary alicyclic amines) is 1. The quantitative estimate of drug-likeness (QED) is 0.113. The summed E-state index contributed by atoms with van der Waals surface area (Å²) in [4.78, 5) is 9.80. The third-order valence-corrected chi connectivity index (χ3v) is 8.55. The molecule has 0 spiro atoms. The van der Waals surface area contributed by atoms with Gasteiger partial charge in [-0.1, -0.05) is 27.2 Å². The molecule has 11 heteroatoms. The summed E-state index contributed by atoms with van der Waals surface area (Å²) >= 11 is 0. The van der Waals surface area contributed by atoms with E-state index < -0.39 is 17.6 Å². The Kier molecular flexibility index (Phi) is 11.6. The molecule has 0 N–H and O–H groups in total. The fraction of sp³-hybridized carbons (Fsp3) is 0.472. The summed E-state index contributed by atoms with van der Waals surface area (Å²) in [6.45, 7) is 14.0. The molecule has 47 heavy (non-hydrogen) atoms. The van der Waals surface area contributed by atoms with E-state index in [2.05, 4.69) is 35.1 Å². The Hall–Kier alpha value is -3.83. The third kappa shape index (κ3) is 8.75. The topological polar surface area (TPSA) is 52.0 Å². The van der Waals surface area contributed by atoms with Crippen LogP contribution in [-0.4, -0.2) is 71.8 Å². The number of hydrogen-bond acceptors (Lipinski definition) is 6. The molecule has 3 aromatic carbocycles. The summed E-state index contributed by atoms with van der Waals surface area (Å²) in [7, 11) is 0. The highest BCUT2D eigenvalue weighted by molar-refractivity contribution is 5.87. The van der Waals surface area contributed by atoms with Crippen LogP contribution in [0.15, 0.2) is 54.6 Å². The number of rotatable bonds is 16. The van der Waals surface area contributed by atoms with Crippen LogP contribution in [0.2, 0.25) is 0 Å². The van der Waals surface area contributed by atoms with Crippen molar-refractivity contribution in [2.24, 2.45) is 0 Å². The lowest BCUT2D eigenvalue weighted by molar-refractivity contribution is -0.140. The molecule has 0 saturated carbocycles. The van der Waals surface area contributed by atoms with Crippen LogP contribution in [0, 0.1) is 5.82 Å². The summed E-state index contributed by atoms with van der Waals surface area (Å²) in [5, 5.41) is 0. The highest BCUT2D eigenvalue weighted by Crippen LogP contribution is 2.37. The van der Waals surface area contributed by atoms with Gasteiger partial charge in [0.05, 0.1) is 11.1 Å². The minimum absolute atomic E-state index is 0.106. The van der Waals surface area contributed by atoms with Crippen LogP contribution in [0.5, 0.6) is 23.0 Å². The lowest BCUT2D eigenvalue weighted by atomic mass is 10.2. The molecule has 1 aliphatic heterocycles. The second-order valence-corrected chi connectivity index (χ2v) is 11.8. The second-order valence-electron chi connectivity index (χ2n) is 11.8. The number of benzene rings is 3. The number of aryl methyl sites for hydroxylation is 1. The Balaban J connectivity index is 1.45.